The molecule has 3 aromatic rings. The number of hydrogen-bond donors (Lipinski definition) is 0. The molecule has 3 nitrogen and oxygen atoms in total. The quantitative estimate of drug-likeness (QED) is 0.563. The Balaban J connectivity index is 1.53. The van der Waals surface area contributed by atoms with Gasteiger partial charge in [0.2, 0.25) is 0 Å². The first-order valence-corrected chi connectivity index (χ1v) is 9.14. The number of ether oxygens (including phenoxy) is 1. The second-order valence-corrected chi connectivity index (χ2v) is 6.88. The van der Waals surface area contributed by atoms with E-state index in [0.717, 1.165) is 30.0 Å². The first-order chi connectivity index (χ1) is 12.7. The summed E-state index contributed by atoms with van der Waals surface area (Å²) in [5.41, 5.74) is 2.68. The molecule has 4 heteroatoms. The average molecular weight is 351 g/mol. The van der Waals surface area contributed by atoms with Gasteiger partial charge < -0.3 is 9.15 Å². The zero-order chi connectivity index (χ0) is 17.9. The smallest absolute Gasteiger partial charge is 0.197 e. The number of halogens is 1. The van der Waals surface area contributed by atoms with Gasteiger partial charge in [-0.05, 0) is 31.4 Å². The fourth-order valence-electron chi connectivity index (χ4n) is 3.57. The average Bonchev–Trinajstić information content (AvgIpc) is 3.34. The molecular weight excluding hydrogens is 329 g/mol. The lowest BCUT2D eigenvalue weighted by Crippen LogP contribution is -1.99. The topological polar surface area (TPSA) is 35.3 Å². The summed E-state index contributed by atoms with van der Waals surface area (Å²) in [6, 6.07) is 12.9. The summed E-state index contributed by atoms with van der Waals surface area (Å²) in [6.45, 7) is 2.07. The number of benzene rings is 2. The highest BCUT2D eigenvalue weighted by Gasteiger charge is 2.22. The van der Waals surface area contributed by atoms with Gasteiger partial charge in [-0.25, -0.2) is 9.37 Å². The molecule has 1 heterocycles. The lowest BCUT2D eigenvalue weighted by atomic mass is 10.0. The number of nitrogens with zero attached hydrogens (tertiary/aromatic N) is 1. The van der Waals surface area contributed by atoms with Crippen LogP contribution in [-0.4, -0.2) is 4.98 Å². The summed E-state index contributed by atoms with van der Waals surface area (Å²) >= 11 is 0. The van der Waals surface area contributed by atoms with E-state index in [1.807, 2.05) is 30.3 Å². The third-order valence-corrected chi connectivity index (χ3v) is 5.02. The van der Waals surface area contributed by atoms with Crippen molar-refractivity contribution in [3.8, 4) is 16.9 Å². The summed E-state index contributed by atoms with van der Waals surface area (Å²) in [4.78, 5) is 4.58. The van der Waals surface area contributed by atoms with E-state index in [1.165, 1.54) is 12.8 Å². The fraction of sp³-hybridized carbons (Fsp3) is 0.318. The Kier molecular flexibility index (Phi) is 4.74. The number of aromatic nitrogens is 1. The minimum Gasteiger partial charge on any atom is -0.487 e. The SMILES string of the molecule is Cc1cccc(-c2ccccc2OCc2coc(C3CCCC3)n2)c1F. The summed E-state index contributed by atoms with van der Waals surface area (Å²) in [7, 11) is 0. The Morgan fingerprint density at radius 3 is 2.69 bits per heavy atom. The molecular formula is C22H22FNO2. The van der Waals surface area contributed by atoms with Crippen LogP contribution in [0.15, 0.2) is 53.1 Å². The Hall–Kier alpha value is -2.62. The van der Waals surface area contributed by atoms with E-state index in [1.54, 1.807) is 25.3 Å². The maximum atomic E-state index is 14.5. The molecule has 1 saturated carbocycles. The van der Waals surface area contributed by atoms with Gasteiger partial charge in [0, 0.05) is 17.0 Å². The highest BCUT2D eigenvalue weighted by atomic mass is 19.1. The molecule has 0 amide bonds. The fourth-order valence-corrected chi connectivity index (χ4v) is 3.57. The van der Waals surface area contributed by atoms with Crippen LogP contribution >= 0.6 is 0 Å². The Morgan fingerprint density at radius 2 is 1.85 bits per heavy atom. The Bertz CT molecular complexity index is 897. The minimum atomic E-state index is -0.214. The molecule has 0 bridgehead atoms. The Labute approximate surface area is 152 Å². The van der Waals surface area contributed by atoms with E-state index < -0.39 is 0 Å². The van der Waals surface area contributed by atoms with Crippen molar-refractivity contribution in [2.24, 2.45) is 0 Å². The van der Waals surface area contributed by atoms with Crippen LogP contribution in [-0.2, 0) is 6.61 Å². The van der Waals surface area contributed by atoms with Gasteiger partial charge >= 0.3 is 0 Å². The standard InChI is InChI=1S/C22H22FNO2/c1-15-7-6-11-19(21(15)23)18-10-4-5-12-20(18)25-13-17-14-26-22(24-17)16-8-2-3-9-16/h4-7,10-12,14,16H,2-3,8-9,13H2,1H3. The molecule has 0 radical (unpaired) electrons. The molecule has 1 fully saturated rings. The van der Waals surface area contributed by atoms with E-state index in [2.05, 4.69) is 4.98 Å². The largest absolute Gasteiger partial charge is 0.487 e. The monoisotopic (exact) mass is 351 g/mol. The molecule has 1 aromatic heterocycles. The molecule has 1 aliphatic carbocycles. The van der Waals surface area contributed by atoms with E-state index in [0.29, 0.717) is 29.4 Å². The third-order valence-electron chi connectivity index (χ3n) is 5.02. The van der Waals surface area contributed by atoms with Crippen LogP contribution in [0.25, 0.3) is 11.1 Å². The number of hydrogen-bond acceptors (Lipinski definition) is 3. The predicted molar refractivity (Wildman–Crippen MR) is 98.6 cm³/mol. The molecule has 26 heavy (non-hydrogen) atoms. The highest BCUT2D eigenvalue weighted by Crippen LogP contribution is 2.35. The molecule has 0 aliphatic heterocycles. The van der Waals surface area contributed by atoms with Gasteiger partial charge in [0.15, 0.2) is 5.89 Å². The van der Waals surface area contributed by atoms with Gasteiger partial charge in [0.05, 0.1) is 0 Å². The van der Waals surface area contributed by atoms with Crippen molar-refractivity contribution >= 4 is 0 Å². The zero-order valence-electron chi connectivity index (χ0n) is 14.9. The van der Waals surface area contributed by atoms with E-state index in [9.17, 15) is 4.39 Å². The normalized spacial score (nSPS) is 14.7. The van der Waals surface area contributed by atoms with Crippen molar-refractivity contribution in [3.63, 3.8) is 0 Å². The van der Waals surface area contributed by atoms with Crippen molar-refractivity contribution in [2.45, 2.75) is 45.1 Å². The van der Waals surface area contributed by atoms with Crippen LogP contribution in [0.2, 0.25) is 0 Å². The first kappa shape index (κ1) is 16.8. The maximum Gasteiger partial charge on any atom is 0.197 e. The second kappa shape index (κ2) is 7.32. The molecule has 1 aliphatic rings. The summed E-state index contributed by atoms with van der Waals surface area (Å²) in [5.74, 6) is 1.69. The van der Waals surface area contributed by atoms with Crippen LogP contribution in [0, 0.1) is 12.7 Å². The van der Waals surface area contributed by atoms with Crippen molar-refractivity contribution in [1.82, 2.24) is 4.98 Å². The van der Waals surface area contributed by atoms with Crippen LogP contribution in [0.5, 0.6) is 5.75 Å². The Morgan fingerprint density at radius 1 is 1.08 bits per heavy atom. The van der Waals surface area contributed by atoms with E-state index in [-0.39, 0.29) is 5.82 Å². The van der Waals surface area contributed by atoms with Crippen LogP contribution < -0.4 is 4.74 Å². The number of oxazole rings is 1. The van der Waals surface area contributed by atoms with Gasteiger partial charge in [0.25, 0.3) is 0 Å². The van der Waals surface area contributed by atoms with Crippen molar-refractivity contribution in [3.05, 3.63) is 71.7 Å². The minimum absolute atomic E-state index is 0.214. The van der Waals surface area contributed by atoms with Crippen molar-refractivity contribution in [2.75, 3.05) is 0 Å². The predicted octanol–water partition coefficient (Wildman–Crippen LogP) is 6.03. The number of rotatable bonds is 5. The first-order valence-electron chi connectivity index (χ1n) is 9.14. The number of aryl methyl sites for hydroxylation is 1. The molecule has 0 saturated heterocycles. The van der Waals surface area contributed by atoms with Gasteiger partial charge in [-0.3, -0.25) is 0 Å². The summed E-state index contributed by atoms with van der Waals surface area (Å²) < 4.78 is 26.1. The molecule has 0 unspecified atom stereocenters. The molecule has 2 aromatic carbocycles. The highest BCUT2D eigenvalue weighted by molar-refractivity contribution is 5.71. The second-order valence-electron chi connectivity index (χ2n) is 6.88. The van der Waals surface area contributed by atoms with Crippen LogP contribution in [0.1, 0.15) is 48.7 Å². The van der Waals surface area contributed by atoms with Crippen molar-refractivity contribution in [1.29, 1.82) is 0 Å². The van der Waals surface area contributed by atoms with Gasteiger partial charge in [-0.15, -0.1) is 0 Å². The van der Waals surface area contributed by atoms with Crippen LogP contribution in [0.3, 0.4) is 0 Å². The zero-order valence-corrected chi connectivity index (χ0v) is 14.9. The maximum absolute atomic E-state index is 14.5. The van der Waals surface area contributed by atoms with Gasteiger partial charge in [-0.1, -0.05) is 49.2 Å². The van der Waals surface area contributed by atoms with Gasteiger partial charge in [-0.2, -0.15) is 0 Å². The van der Waals surface area contributed by atoms with Crippen LogP contribution in [0.4, 0.5) is 4.39 Å². The van der Waals surface area contributed by atoms with Crippen molar-refractivity contribution < 1.29 is 13.5 Å². The molecule has 4 rings (SSSR count). The number of para-hydroxylation sites is 1. The third kappa shape index (κ3) is 3.36. The lowest BCUT2D eigenvalue weighted by Gasteiger charge is -2.12. The summed E-state index contributed by atoms with van der Waals surface area (Å²) in [5, 5.41) is 0. The van der Waals surface area contributed by atoms with E-state index in [4.69, 9.17) is 9.15 Å². The molecule has 0 N–H and O–H groups in total. The van der Waals surface area contributed by atoms with E-state index >= 15 is 0 Å². The van der Waals surface area contributed by atoms with Gasteiger partial charge in [0.1, 0.15) is 30.1 Å². The molecule has 0 atom stereocenters. The summed E-state index contributed by atoms with van der Waals surface area (Å²) in [6.07, 6.45) is 6.46. The lowest BCUT2D eigenvalue weighted by molar-refractivity contribution is 0.302. The molecule has 134 valence electrons. The molecule has 0 spiro atoms.